The van der Waals surface area contributed by atoms with Crippen LogP contribution < -0.4 is 20.2 Å². The normalized spacial score (nSPS) is 10.7. The van der Waals surface area contributed by atoms with E-state index in [0.717, 1.165) is 15.0 Å². The van der Waals surface area contributed by atoms with Crippen molar-refractivity contribution in [2.24, 2.45) is 5.10 Å². The molecule has 0 spiro atoms. The minimum Gasteiger partial charge on any atom is -0.493 e. The number of ether oxygens (including phenoxy) is 2. The van der Waals surface area contributed by atoms with Crippen molar-refractivity contribution in [2.75, 3.05) is 24.8 Å². The second-order valence-electron chi connectivity index (χ2n) is 7.25. The Hall–Kier alpha value is -3.19. The summed E-state index contributed by atoms with van der Waals surface area (Å²) in [6.07, 6.45) is 1.51. The molecular weight excluding hydrogens is 581 g/mol. The molecule has 11 heteroatoms. The van der Waals surface area contributed by atoms with Gasteiger partial charge in [0, 0.05) is 17.1 Å². The number of thioether (sulfide) groups is 1. The fourth-order valence-corrected chi connectivity index (χ4v) is 4.43. The number of carbonyl (C=O) groups is 2. The van der Waals surface area contributed by atoms with Crippen LogP contribution in [-0.4, -0.2) is 47.5 Å². The van der Waals surface area contributed by atoms with Crippen molar-refractivity contribution in [1.29, 1.82) is 0 Å². The van der Waals surface area contributed by atoms with Crippen molar-refractivity contribution < 1.29 is 19.1 Å². The summed E-state index contributed by atoms with van der Waals surface area (Å²) >= 11 is 3.34. The van der Waals surface area contributed by atoms with Gasteiger partial charge in [-0.3, -0.25) is 9.59 Å². The summed E-state index contributed by atoms with van der Waals surface area (Å²) in [7, 11) is 1.51. The Balaban J connectivity index is 1.54. The zero-order valence-corrected chi connectivity index (χ0v) is 22.3. The summed E-state index contributed by atoms with van der Waals surface area (Å²) in [5, 5.41) is 7.33. The van der Waals surface area contributed by atoms with Crippen LogP contribution in [-0.2, 0) is 9.59 Å². The summed E-state index contributed by atoms with van der Waals surface area (Å²) in [6.45, 7) is 3.59. The minimum atomic E-state index is -0.286. The highest BCUT2D eigenvalue weighted by molar-refractivity contribution is 14.1. The topological polar surface area (TPSA) is 115 Å². The maximum Gasteiger partial charge on any atom is 0.262 e. The molecule has 1 heterocycles. The number of nitrogens with one attached hydrogen (secondary N) is 2. The average molecular weight is 605 g/mol. The third-order valence-corrected chi connectivity index (χ3v) is 6.00. The van der Waals surface area contributed by atoms with Crippen LogP contribution in [0.4, 0.5) is 5.69 Å². The summed E-state index contributed by atoms with van der Waals surface area (Å²) < 4.78 is 11.9. The van der Waals surface area contributed by atoms with E-state index in [9.17, 15) is 9.59 Å². The van der Waals surface area contributed by atoms with E-state index < -0.39 is 0 Å². The quantitative estimate of drug-likeness (QED) is 0.118. The second-order valence-corrected chi connectivity index (χ2v) is 9.36. The van der Waals surface area contributed by atoms with E-state index in [2.05, 4.69) is 48.4 Å². The Bertz CT molecular complexity index is 1200. The summed E-state index contributed by atoms with van der Waals surface area (Å²) in [5.74, 6) is 0.465. The fourth-order valence-electron chi connectivity index (χ4n) is 2.91. The molecule has 3 aromatic rings. The molecular formula is C24H24IN5O4S. The monoisotopic (exact) mass is 605 g/mol. The molecule has 0 fully saturated rings. The lowest BCUT2D eigenvalue weighted by molar-refractivity contribution is -0.119. The molecule has 0 unspecified atom stereocenters. The third-order valence-electron chi connectivity index (χ3n) is 4.35. The lowest BCUT2D eigenvalue weighted by atomic mass is 10.2. The van der Waals surface area contributed by atoms with Crippen molar-refractivity contribution in [3.05, 3.63) is 69.1 Å². The highest BCUT2D eigenvalue weighted by Crippen LogP contribution is 2.33. The van der Waals surface area contributed by atoms with Crippen LogP contribution in [0.5, 0.6) is 11.5 Å². The van der Waals surface area contributed by atoms with E-state index in [-0.39, 0.29) is 24.2 Å². The van der Waals surface area contributed by atoms with E-state index in [0.29, 0.717) is 27.9 Å². The van der Waals surface area contributed by atoms with Crippen molar-refractivity contribution in [1.82, 2.24) is 15.4 Å². The minimum absolute atomic E-state index is 0.138. The van der Waals surface area contributed by atoms with Gasteiger partial charge in [-0.25, -0.2) is 15.4 Å². The van der Waals surface area contributed by atoms with Crippen LogP contribution in [0.3, 0.4) is 0 Å². The molecule has 0 bridgehead atoms. The van der Waals surface area contributed by atoms with Crippen molar-refractivity contribution in [2.45, 2.75) is 19.0 Å². The number of aromatic nitrogens is 2. The van der Waals surface area contributed by atoms with Gasteiger partial charge in [-0.05, 0) is 72.3 Å². The molecule has 0 saturated carbocycles. The maximum absolute atomic E-state index is 12.2. The molecule has 0 aliphatic heterocycles. The number of rotatable bonds is 10. The van der Waals surface area contributed by atoms with Crippen LogP contribution >= 0.6 is 34.4 Å². The molecule has 0 radical (unpaired) electrons. The van der Waals surface area contributed by atoms with Gasteiger partial charge in [0.15, 0.2) is 23.3 Å². The molecule has 2 N–H and O–H groups in total. The molecule has 1 aromatic heterocycles. The van der Waals surface area contributed by atoms with Gasteiger partial charge in [0.25, 0.3) is 11.8 Å². The van der Waals surface area contributed by atoms with Gasteiger partial charge in [-0.2, -0.15) is 5.10 Å². The summed E-state index contributed by atoms with van der Waals surface area (Å²) in [6, 6.07) is 14.5. The van der Waals surface area contributed by atoms with E-state index in [1.54, 1.807) is 24.3 Å². The number of nitrogens with zero attached hydrogens (tertiary/aromatic N) is 3. The molecule has 0 atom stereocenters. The largest absolute Gasteiger partial charge is 0.493 e. The summed E-state index contributed by atoms with van der Waals surface area (Å²) in [4.78, 5) is 32.9. The smallest absolute Gasteiger partial charge is 0.262 e. The lowest BCUT2D eigenvalue weighted by Gasteiger charge is -2.13. The standard InChI is InChI=1S/C24H24IN5O4S/c1-15-9-16(2)28-24(27-15)35-14-22(32)30-26-12-17-10-19(25)23(20(11-17)33-3)34-13-21(31)29-18-7-5-4-6-8-18/h4-12H,13-14H2,1-3H3,(H,29,31)(H,30,32)/b26-12-. The van der Waals surface area contributed by atoms with Crippen LogP contribution in [0.2, 0.25) is 0 Å². The number of para-hydroxylation sites is 1. The van der Waals surface area contributed by atoms with Crippen molar-refractivity contribution in [3.63, 3.8) is 0 Å². The number of hydrogen-bond donors (Lipinski definition) is 2. The molecule has 0 saturated heterocycles. The van der Waals surface area contributed by atoms with E-state index in [4.69, 9.17) is 9.47 Å². The lowest BCUT2D eigenvalue weighted by Crippen LogP contribution is -2.20. The SMILES string of the molecule is COc1cc(/C=N\NC(=O)CSc2nc(C)cc(C)n2)cc(I)c1OCC(=O)Nc1ccccc1. The Labute approximate surface area is 221 Å². The number of carbonyl (C=O) groups excluding carboxylic acids is 2. The number of halogens is 1. The van der Waals surface area contributed by atoms with Crippen LogP contribution in [0.1, 0.15) is 17.0 Å². The van der Waals surface area contributed by atoms with Gasteiger partial charge in [0.05, 0.1) is 22.6 Å². The fraction of sp³-hybridized carbons (Fsp3) is 0.208. The van der Waals surface area contributed by atoms with E-state index in [1.807, 2.05) is 38.1 Å². The predicted octanol–water partition coefficient (Wildman–Crippen LogP) is 3.97. The Morgan fingerprint density at radius 3 is 2.49 bits per heavy atom. The number of aryl methyl sites for hydroxylation is 2. The highest BCUT2D eigenvalue weighted by Gasteiger charge is 2.13. The van der Waals surface area contributed by atoms with Crippen LogP contribution in [0.25, 0.3) is 0 Å². The first-order chi connectivity index (χ1) is 16.8. The average Bonchev–Trinajstić information content (AvgIpc) is 2.82. The molecule has 2 amide bonds. The first kappa shape index (κ1) is 26.4. The number of benzene rings is 2. The van der Waals surface area contributed by atoms with Crippen LogP contribution in [0.15, 0.2) is 58.8 Å². The van der Waals surface area contributed by atoms with E-state index >= 15 is 0 Å². The predicted molar refractivity (Wildman–Crippen MR) is 144 cm³/mol. The number of amides is 2. The first-order valence-corrected chi connectivity index (χ1v) is 12.5. The van der Waals surface area contributed by atoms with Gasteiger partial charge in [-0.15, -0.1) is 0 Å². The molecule has 182 valence electrons. The second kappa shape index (κ2) is 13.0. The first-order valence-electron chi connectivity index (χ1n) is 10.5. The Morgan fingerprint density at radius 1 is 1.09 bits per heavy atom. The van der Waals surface area contributed by atoms with Gasteiger partial charge in [0.2, 0.25) is 0 Å². The molecule has 3 rings (SSSR count). The zero-order chi connectivity index (χ0) is 25.2. The van der Waals surface area contributed by atoms with Gasteiger partial charge >= 0.3 is 0 Å². The Morgan fingerprint density at radius 2 is 1.80 bits per heavy atom. The van der Waals surface area contributed by atoms with Crippen molar-refractivity contribution in [3.8, 4) is 11.5 Å². The van der Waals surface area contributed by atoms with Crippen LogP contribution in [0, 0.1) is 17.4 Å². The number of anilines is 1. The number of hydrogen-bond acceptors (Lipinski definition) is 8. The van der Waals surface area contributed by atoms with Crippen molar-refractivity contribution >= 4 is 58.1 Å². The number of hydrazone groups is 1. The third kappa shape index (κ3) is 8.51. The molecule has 2 aromatic carbocycles. The molecule has 0 aliphatic rings. The summed E-state index contributed by atoms with van der Waals surface area (Å²) in [5.41, 5.74) is 5.58. The molecule has 0 aliphatic carbocycles. The van der Waals surface area contributed by atoms with E-state index in [1.165, 1.54) is 25.1 Å². The number of methoxy groups -OCH3 is 1. The van der Waals surface area contributed by atoms with Gasteiger partial charge < -0.3 is 14.8 Å². The molecule has 35 heavy (non-hydrogen) atoms. The van der Waals surface area contributed by atoms with Gasteiger partial charge in [-0.1, -0.05) is 30.0 Å². The maximum atomic E-state index is 12.2. The Kier molecular flexibility index (Phi) is 9.85. The van der Waals surface area contributed by atoms with Gasteiger partial charge in [0.1, 0.15) is 0 Å². The zero-order valence-electron chi connectivity index (χ0n) is 19.4. The highest BCUT2D eigenvalue weighted by atomic mass is 127. The molecule has 9 nitrogen and oxygen atoms in total.